The third-order valence-corrected chi connectivity index (χ3v) is 6.53. The van der Waals surface area contributed by atoms with Crippen molar-refractivity contribution in [3.8, 4) is 0 Å². The van der Waals surface area contributed by atoms with E-state index in [1.165, 1.54) is 6.42 Å². The van der Waals surface area contributed by atoms with E-state index >= 15 is 0 Å². The summed E-state index contributed by atoms with van der Waals surface area (Å²) in [6.45, 7) is 6.26. The zero-order chi connectivity index (χ0) is 15.0. The first kappa shape index (κ1) is 15.0. The van der Waals surface area contributed by atoms with Gasteiger partial charge in [0.25, 0.3) is 0 Å². The van der Waals surface area contributed by atoms with Crippen molar-refractivity contribution in [2.45, 2.75) is 43.8 Å². The molecule has 0 bridgehead atoms. The summed E-state index contributed by atoms with van der Waals surface area (Å²) in [7, 11) is -3.39. The summed E-state index contributed by atoms with van der Waals surface area (Å²) >= 11 is 0. The fraction of sp³-hybridized carbons (Fsp3) is 0.714. The minimum atomic E-state index is -3.39. The van der Waals surface area contributed by atoms with E-state index in [4.69, 9.17) is 5.73 Å². The second-order valence-corrected chi connectivity index (χ2v) is 7.79. The van der Waals surface area contributed by atoms with Crippen molar-refractivity contribution in [2.24, 2.45) is 5.73 Å². The van der Waals surface area contributed by atoms with Gasteiger partial charge < -0.3 is 10.3 Å². The summed E-state index contributed by atoms with van der Waals surface area (Å²) < 4.78 is 29.2. The Hall–Kier alpha value is -0.890. The molecule has 3 rings (SSSR count). The molecule has 0 aliphatic carbocycles. The topological polar surface area (TPSA) is 71.6 Å². The Labute approximate surface area is 126 Å². The van der Waals surface area contributed by atoms with Gasteiger partial charge in [-0.3, -0.25) is 4.90 Å². The molecule has 21 heavy (non-hydrogen) atoms. The minimum absolute atomic E-state index is 0.361. The van der Waals surface area contributed by atoms with Crippen LogP contribution in [0.25, 0.3) is 0 Å². The predicted octanol–water partition coefficient (Wildman–Crippen LogP) is 0.435. The van der Waals surface area contributed by atoms with Crippen molar-refractivity contribution in [3.05, 3.63) is 18.0 Å². The van der Waals surface area contributed by atoms with Crippen molar-refractivity contribution in [2.75, 3.05) is 26.2 Å². The summed E-state index contributed by atoms with van der Waals surface area (Å²) in [4.78, 5) is 2.80. The lowest BCUT2D eigenvalue weighted by Gasteiger charge is -2.36. The molecular weight excluding hydrogens is 288 g/mol. The normalized spacial score (nSPS) is 24.4. The molecule has 2 fully saturated rings. The lowest BCUT2D eigenvalue weighted by atomic mass is 10.2. The lowest BCUT2D eigenvalue weighted by molar-refractivity contribution is 0.158. The Bertz CT molecular complexity index is 589. The average molecular weight is 312 g/mol. The Kier molecular flexibility index (Phi) is 4.09. The van der Waals surface area contributed by atoms with Crippen LogP contribution in [0.15, 0.2) is 17.2 Å². The maximum atomic E-state index is 12.8. The average Bonchev–Trinajstić information content (AvgIpc) is 3.12. The number of aromatic nitrogens is 1. The van der Waals surface area contributed by atoms with Gasteiger partial charge in [0.15, 0.2) is 0 Å². The fourth-order valence-corrected chi connectivity index (χ4v) is 5.00. The Morgan fingerprint density at radius 1 is 1.33 bits per heavy atom. The van der Waals surface area contributed by atoms with Gasteiger partial charge in [-0.25, -0.2) is 8.42 Å². The summed E-state index contributed by atoms with van der Waals surface area (Å²) in [6.07, 6.45) is 4.01. The number of nitrogens with two attached hydrogens (primary N) is 1. The highest BCUT2D eigenvalue weighted by atomic mass is 32.2. The summed E-state index contributed by atoms with van der Waals surface area (Å²) in [5.74, 6) is 0. The van der Waals surface area contributed by atoms with Gasteiger partial charge in [-0.2, -0.15) is 4.31 Å². The van der Waals surface area contributed by atoms with Crippen molar-refractivity contribution in [1.82, 2.24) is 13.8 Å². The number of rotatable bonds is 4. The minimum Gasteiger partial charge on any atom is -0.349 e. The van der Waals surface area contributed by atoms with Gasteiger partial charge in [-0.05, 0) is 32.4 Å². The fourth-order valence-electron chi connectivity index (χ4n) is 3.46. The summed E-state index contributed by atoms with van der Waals surface area (Å²) in [5.41, 5.74) is 6.57. The van der Waals surface area contributed by atoms with E-state index in [1.54, 1.807) is 16.6 Å². The van der Waals surface area contributed by atoms with Crippen LogP contribution in [0.4, 0.5) is 0 Å². The number of nitrogens with zero attached hydrogens (tertiary/aromatic N) is 3. The van der Waals surface area contributed by atoms with Crippen molar-refractivity contribution < 1.29 is 8.42 Å². The molecule has 1 aromatic heterocycles. The van der Waals surface area contributed by atoms with Gasteiger partial charge in [0.2, 0.25) is 10.0 Å². The molecule has 6 nitrogen and oxygen atoms in total. The van der Waals surface area contributed by atoms with Crippen molar-refractivity contribution in [1.29, 1.82) is 0 Å². The molecule has 2 aliphatic rings. The molecular formula is C14H24N4O2S. The highest BCUT2D eigenvalue weighted by Gasteiger charge is 2.36. The number of fused-ring (bicyclic) bond motifs is 1. The Balaban J connectivity index is 1.84. The van der Waals surface area contributed by atoms with Crippen molar-refractivity contribution in [3.63, 3.8) is 0 Å². The van der Waals surface area contributed by atoms with Crippen LogP contribution >= 0.6 is 0 Å². The van der Waals surface area contributed by atoms with Gasteiger partial charge in [-0.15, -0.1) is 0 Å². The number of aryl methyl sites for hydroxylation is 1. The second-order valence-electron chi connectivity index (χ2n) is 5.85. The van der Waals surface area contributed by atoms with Crippen LogP contribution in [0.3, 0.4) is 0 Å². The second kappa shape index (κ2) is 5.72. The largest absolute Gasteiger partial charge is 0.349 e. The van der Waals surface area contributed by atoms with Crippen molar-refractivity contribution >= 4 is 10.0 Å². The summed E-state index contributed by atoms with van der Waals surface area (Å²) in [5, 5.41) is 0. The number of hydrogen-bond acceptors (Lipinski definition) is 4. The van der Waals surface area contributed by atoms with E-state index in [0.717, 1.165) is 31.7 Å². The smallest absolute Gasteiger partial charge is 0.244 e. The van der Waals surface area contributed by atoms with Crippen LogP contribution < -0.4 is 5.73 Å². The molecule has 0 radical (unpaired) electrons. The molecule has 0 saturated carbocycles. The molecule has 2 saturated heterocycles. The zero-order valence-electron chi connectivity index (χ0n) is 12.5. The van der Waals surface area contributed by atoms with Gasteiger partial charge in [0.1, 0.15) is 4.90 Å². The number of hydrogen-bond donors (Lipinski definition) is 1. The first-order chi connectivity index (χ1) is 10.1. The SMILES string of the molecule is CCn1cc(S(=O)(=O)N2CCN3CCCC3C2)cc1CN. The van der Waals surface area contributed by atoms with Crippen LogP contribution in [0, 0.1) is 0 Å². The van der Waals surface area contributed by atoms with Crippen LogP contribution in [0.2, 0.25) is 0 Å². The molecule has 1 aromatic rings. The Morgan fingerprint density at radius 3 is 2.81 bits per heavy atom. The Morgan fingerprint density at radius 2 is 2.14 bits per heavy atom. The molecule has 118 valence electrons. The molecule has 0 aromatic carbocycles. The van der Waals surface area contributed by atoms with Crippen LogP contribution in [-0.2, 0) is 23.1 Å². The molecule has 2 N–H and O–H groups in total. The molecule has 3 heterocycles. The zero-order valence-corrected chi connectivity index (χ0v) is 13.3. The number of sulfonamides is 1. The monoisotopic (exact) mass is 312 g/mol. The molecule has 7 heteroatoms. The van der Waals surface area contributed by atoms with Gasteiger partial charge in [0, 0.05) is 50.7 Å². The maximum Gasteiger partial charge on any atom is 0.244 e. The highest BCUT2D eigenvalue weighted by Crippen LogP contribution is 2.26. The van der Waals surface area contributed by atoms with Gasteiger partial charge in [0.05, 0.1) is 0 Å². The van der Waals surface area contributed by atoms with E-state index in [9.17, 15) is 8.42 Å². The molecule has 1 unspecified atom stereocenters. The highest BCUT2D eigenvalue weighted by molar-refractivity contribution is 7.89. The van der Waals surface area contributed by atoms with E-state index in [1.807, 2.05) is 11.5 Å². The molecule has 2 aliphatic heterocycles. The van der Waals surface area contributed by atoms with E-state index in [-0.39, 0.29) is 0 Å². The van der Waals surface area contributed by atoms with E-state index in [0.29, 0.717) is 30.6 Å². The molecule has 0 spiro atoms. The van der Waals surface area contributed by atoms with E-state index < -0.39 is 10.0 Å². The van der Waals surface area contributed by atoms with E-state index in [2.05, 4.69) is 4.90 Å². The lowest BCUT2D eigenvalue weighted by Crippen LogP contribution is -2.51. The molecule has 0 amide bonds. The van der Waals surface area contributed by atoms with Gasteiger partial charge in [-0.1, -0.05) is 0 Å². The maximum absolute atomic E-state index is 12.8. The standard InChI is InChI=1S/C14H24N4O2S/c1-2-16-11-14(8-13(16)9-15)21(19,20)18-7-6-17-5-3-4-12(17)10-18/h8,11-12H,2-7,9-10,15H2,1H3. The third-order valence-electron chi connectivity index (χ3n) is 4.70. The number of piperazine rings is 1. The van der Waals surface area contributed by atoms with Crippen LogP contribution in [0.1, 0.15) is 25.5 Å². The summed E-state index contributed by atoms with van der Waals surface area (Å²) in [6, 6.07) is 2.12. The first-order valence-corrected chi connectivity index (χ1v) is 9.13. The van der Waals surface area contributed by atoms with Crippen LogP contribution in [-0.4, -0.2) is 54.4 Å². The predicted molar refractivity (Wildman–Crippen MR) is 81.4 cm³/mol. The molecule has 1 atom stereocenters. The third kappa shape index (κ3) is 2.63. The first-order valence-electron chi connectivity index (χ1n) is 7.69. The van der Waals surface area contributed by atoms with Gasteiger partial charge >= 0.3 is 0 Å². The quantitative estimate of drug-likeness (QED) is 0.875. The van der Waals surface area contributed by atoms with Crippen LogP contribution in [0.5, 0.6) is 0 Å².